The number of pyridine rings is 2. The van der Waals surface area contributed by atoms with Crippen molar-refractivity contribution in [3.63, 3.8) is 0 Å². The van der Waals surface area contributed by atoms with E-state index in [1.54, 1.807) is 6.92 Å². The van der Waals surface area contributed by atoms with E-state index in [0.29, 0.717) is 46.1 Å². The van der Waals surface area contributed by atoms with E-state index in [9.17, 15) is 29.7 Å². The third-order valence-corrected chi connectivity index (χ3v) is 8.97. The molecule has 12 heteroatoms. The summed E-state index contributed by atoms with van der Waals surface area (Å²) in [5.74, 6) is -2.26. The van der Waals surface area contributed by atoms with Crippen molar-refractivity contribution in [2.24, 2.45) is 0 Å². The number of aryl methyl sites for hydroxylation is 2. The van der Waals surface area contributed by atoms with Gasteiger partial charge in [0.15, 0.2) is 0 Å². The van der Waals surface area contributed by atoms with E-state index in [4.69, 9.17) is 9.72 Å². The minimum Gasteiger partial charge on any atom is -0.547 e. The molecule has 0 saturated heterocycles. The molecule has 0 fully saturated rings. The third kappa shape index (κ3) is 5.36. The number of amides is 1. The van der Waals surface area contributed by atoms with Crippen molar-refractivity contribution in [2.45, 2.75) is 71.4 Å². The largest absolute Gasteiger partial charge is 1.00 e. The molecule has 2 aromatic carbocycles. The minimum atomic E-state index is -2.54. The fraction of sp³-hybridized carbons (Fsp3) is 0.333. The van der Waals surface area contributed by atoms with Crippen LogP contribution >= 0.6 is 0 Å². The number of halogens is 1. The molecule has 10 nitrogen and oxygen atoms in total. The Bertz CT molecular complexity index is 1930. The van der Waals surface area contributed by atoms with Crippen molar-refractivity contribution < 1.29 is 63.6 Å². The first-order chi connectivity index (χ1) is 21.0. The molecular formula is C33H31FN3NaO7. The molecule has 1 amide bonds. The zero-order chi connectivity index (χ0) is 31.5. The fourth-order valence-corrected chi connectivity index (χ4v) is 6.47. The van der Waals surface area contributed by atoms with Gasteiger partial charge < -0.3 is 34.7 Å². The minimum absolute atomic E-state index is 0. The Morgan fingerprint density at radius 1 is 1.20 bits per heavy atom. The average molecular weight is 624 g/mol. The topological polar surface area (TPSA) is 154 Å². The zero-order valence-corrected chi connectivity index (χ0v) is 27.5. The predicted octanol–water partition coefficient (Wildman–Crippen LogP) is -0.0614. The predicted molar refractivity (Wildman–Crippen MR) is 156 cm³/mol. The van der Waals surface area contributed by atoms with Crippen molar-refractivity contribution in [1.29, 1.82) is 0 Å². The number of alkyl carbamates (subject to hydrolysis) is 1. The Morgan fingerprint density at radius 2 is 1.91 bits per heavy atom. The second-order valence-corrected chi connectivity index (χ2v) is 11.5. The molecule has 4 aromatic rings. The van der Waals surface area contributed by atoms with Crippen LogP contribution in [0.25, 0.3) is 22.3 Å². The number of rotatable bonds is 7. The summed E-state index contributed by atoms with van der Waals surface area (Å²) in [6, 6.07) is 9.68. The summed E-state index contributed by atoms with van der Waals surface area (Å²) < 4.78 is 22.0. The van der Waals surface area contributed by atoms with E-state index in [1.165, 1.54) is 23.6 Å². The van der Waals surface area contributed by atoms with Gasteiger partial charge in [0.2, 0.25) is 0 Å². The number of aliphatic carboxylic acids is 1. The standard InChI is InChI=1S/C33H32FN3O7.Na/c1-4-33(43,31(40)41)22-11-26-29-20(13-37(26)30(39)21(22)14-38)28-24(36-32(42)44-15-18-7-5-16(2)6-8-18)10-9-19-17(3)23(34)12-25(35-29)27(19)28;/h5-8,11-12,24,38,43H,4,9-10,13-15H2,1-3H3,(H,36,42)(H,40,41);/q;+1/p-1/t24-,33-;/m0./s1. The van der Waals surface area contributed by atoms with E-state index in [-0.39, 0.29) is 66.0 Å². The molecule has 3 heterocycles. The molecule has 2 aliphatic rings. The molecule has 6 rings (SSSR count). The van der Waals surface area contributed by atoms with Crippen LogP contribution in [0.5, 0.6) is 0 Å². The van der Waals surface area contributed by atoms with Crippen LogP contribution in [0.1, 0.15) is 70.3 Å². The van der Waals surface area contributed by atoms with Gasteiger partial charge in [-0.1, -0.05) is 36.8 Å². The summed E-state index contributed by atoms with van der Waals surface area (Å²) in [6.07, 6.45) is -0.0617. The first kappa shape index (κ1) is 32.8. The third-order valence-electron chi connectivity index (χ3n) is 8.97. The Kier molecular flexibility index (Phi) is 8.96. The van der Waals surface area contributed by atoms with Gasteiger partial charge in [0, 0.05) is 28.1 Å². The van der Waals surface area contributed by atoms with E-state index in [0.717, 1.165) is 16.7 Å². The van der Waals surface area contributed by atoms with Gasteiger partial charge >= 0.3 is 35.7 Å². The van der Waals surface area contributed by atoms with Gasteiger partial charge in [-0.2, -0.15) is 0 Å². The van der Waals surface area contributed by atoms with E-state index in [1.807, 2.05) is 31.2 Å². The second-order valence-electron chi connectivity index (χ2n) is 11.5. The quantitative estimate of drug-likeness (QED) is 0.213. The summed E-state index contributed by atoms with van der Waals surface area (Å²) >= 11 is 0. The normalized spacial score (nSPS) is 15.9. The van der Waals surface area contributed by atoms with Crippen LogP contribution in [0.2, 0.25) is 0 Å². The maximum absolute atomic E-state index is 15.1. The maximum Gasteiger partial charge on any atom is 1.00 e. The van der Waals surface area contributed by atoms with Crippen LogP contribution in [-0.4, -0.2) is 31.8 Å². The number of carboxylic acids is 1. The van der Waals surface area contributed by atoms with Gasteiger partial charge in [-0.25, -0.2) is 14.2 Å². The van der Waals surface area contributed by atoms with Crippen molar-refractivity contribution in [3.05, 3.63) is 97.1 Å². The molecular weight excluding hydrogens is 592 g/mol. The first-order valence-electron chi connectivity index (χ1n) is 14.4. The first-order valence-corrected chi connectivity index (χ1v) is 14.4. The van der Waals surface area contributed by atoms with Crippen LogP contribution in [-0.2, 0) is 41.3 Å². The smallest absolute Gasteiger partial charge is 0.547 e. The maximum atomic E-state index is 15.1. The van der Waals surface area contributed by atoms with Gasteiger partial charge in [0.05, 0.1) is 42.1 Å². The Hall–Kier alpha value is -3.61. The molecule has 2 aromatic heterocycles. The number of hydrogen-bond donors (Lipinski definition) is 3. The summed E-state index contributed by atoms with van der Waals surface area (Å²) in [4.78, 5) is 43.4. The van der Waals surface area contributed by atoms with E-state index in [2.05, 4.69) is 5.32 Å². The number of aromatic nitrogens is 2. The molecule has 228 valence electrons. The molecule has 0 radical (unpaired) electrons. The Labute approximate surface area is 280 Å². The number of carboxylic acid groups (broad SMARTS) is 1. The number of fused-ring (bicyclic) bond motifs is 4. The number of nitrogens with zero attached hydrogens (tertiary/aromatic N) is 2. The fourth-order valence-electron chi connectivity index (χ4n) is 6.47. The summed E-state index contributed by atoms with van der Waals surface area (Å²) in [5, 5.41) is 36.7. The number of aliphatic hydroxyl groups is 2. The van der Waals surface area contributed by atoms with Gasteiger partial charge in [-0.15, -0.1) is 0 Å². The van der Waals surface area contributed by atoms with E-state index >= 15 is 4.39 Å². The number of aliphatic hydroxyl groups excluding tert-OH is 1. The van der Waals surface area contributed by atoms with Crippen LogP contribution in [0.3, 0.4) is 0 Å². The summed E-state index contributed by atoms with van der Waals surface area (Å²) in [5.41, 5.74) is 1.43. The summed E-state index contributed by atoms with van der Waals surface area (Å²) in [6.45, 7) is 4.34. The summed E-state index contributed by atoms with van der Waals surface area (Å²) in [7, 11) is 0. The number of benzene rings is 2. The molecule has 0 bridgehead atoms. The van der Waals surface area contributed by atoms with Gasteiger partial charge in [-0.05, 0) is 61.4 Å². The molecule has 0 unspecified atom stereocenters. The molecule has 1 aliphatic heterocycles. The SMILES string of the molecule is CC[C@@](O)(C(=O)[O-])c1cc2n(c(=O)c1CO)Cc1c-2nc2cc(F)c(C)c3c2c1[C@@H](NC(=O)OCc1ccc(C)cc1)CC3.[Na+]. The van der Waals surface area contributed by atoms with Crippen molar-refractivity contribution in [3.8, 4) is 11.4 Å². The zero-order valence-electron chi connectivity index (χ0n) is 25.5. The van der Waals surface area contributed by atoms with Crippen LogP contribution in [0, 0.1) is 19.7 Å². The molecule has 2 atom stereocenters. The molecule has 45 heavy (non-hydrogen) atoms. The number of carbonyl (C=O) groups excluding carboxylic acids is 2. The van der Waals surface area contributed by atoms with Crippen molar-refractivity contribution >= 4 is 23.0 Å². The van der Waals surface area contributed by atoms with Crippen LogP contribution in [0.15, 0.2) is 41.2 Å². The number of ether oxygens (including phenoxy) is 1. The molecule has 0 saturated carbocycles. The van der Waals surface area contributed by atoms with E-state index < -0.39 is 41.7 Å². The Morgan fingerprint density at radius 3 is 2.56 bits per heavy atom. The molecule has 0 spiro atoms. The average Bonchev–Trinajstić information content (AvgIpc) is 3.38. The van der Waals surface area contributed by atoms with Gasteiger partial charge in [-0.3, -0.25) is 4.79 Å². The van der Waals surface area contributed by atoms with Gasteiger partial charge in [0.25, 0.3) is 5.56 Å². The van der Waals surface area contributed by atoms with Crippen molar-refractivity contribution in [2.75, 3.05) is 0 Å². The monoisotopic (exact) mass is 623 g/mol. The second kappa shape index (κ2) is 12.3. The molecule has 1 aliphatic carbocycles. The molecule has 3 N–H and O–H groups in total. The van der Waals surface area contributed by atoms with Crippen LogP contribution < -0.4 is 45.5 Å². The number of carbonyl (C=O) groups is 2. The van der Waals surface area contributed by atoms with Crippen molar-refractivity contribution in [1.82, 2.24) is 14.9 Å². The van der Waals surface area contributed by atoms with Gasteiger partial charge in [0.1, 0.15) is 18.0 Å². The van der Waals surface area contributed by atoms with Crippen LogP contribution in [0.4, 0.5) is 9.18 Å². The Balaban J connectivity index is 0.00000400. The number of nitrogens with one attached hydrogen (secondary N) is 1. The number of hydrogen-bond acceptors (Lipinski definition) is 8.